The van der Waals surface area contributed by atoms with E-state index in [9.17, 15) is 14.9 Å². The summed E-state index contributed by atoms with van der Waals surface area (Å²) in [5.41, 5.74) is 0.407. The van der Waals surface area contributed by atoms with E-state index in [2.05, 4.69) is 5.32 Å². The van der Waals surface area contributed by atoms with E-state index in [0.717, 1.165) is 13.0 Å². The van der Waals surface area contributed by atoms with Gasteiger partial charge in [0.1, 0.15) is 0 Å². The van der Waals surface area contributed by atoms with Crippen molar-refractivity contribution >= 4 is 17.7 Å². The highest BCUT2D eigenvalue weighted by atomic mass is 16.6. The number of amides is 1. The van der Waals surface area contributed by atoms with Crippen LogP contribution >= 0.6 is 0 Å². The van der Waals surface area contributed by atoms with E-state index in [1.165, 1.54) is 18.2 Å². The van der Waals surface area contributed by atoms with Crippen molar-refractivity contribution in [3.05, 3.63) is 46.0 Å². The van der Waals surface area contributed by atoms with Crippen molar-refractivity contribution in [2.45, 2.75) is 6.42 Å². The molecule has 0 fully saturated rings. The Hall–Kier alpha value is -2.21. The first-order valence-corrected chi connectivity index (χ1v) is 6.35. The molecule has 0 spiro atoms. The molecule has 0 aliphatic carbocycles. The number of para-hydroxylation sites is 1. The second kappa shape index (κ2) is 8.06. The van der Waals surface area contributed by atoms with Gasteiger partial charge in [0.2, 0.25) is 5.91 Å². The van der Waals surface area contributed by atoms with Gasteiger partial charge >= 0.3 is 0 Å². The number of carbonyl (C=O) groups excluding carboxylic acids is 1. The van der Waals surface area contributed by atoms with Crippen LogP contribution in [-0.2, 0) is 4.79 Å². The largest absolute Gasteiger partial charge is 0.353 e. The molecule has 0 radical (unpaired) electrons. The van der Waals surface area contributed by atoms with Crippen LogP contribution in [0.5, 0.6) is 0 Å². The maximum atomic E-state index is 11.6. The number of rotatable bonds is 7. The molecule has 0 saturated heterocycles. The van der Waals surface area contributed by atoms with Gasteiger partial charge in [0, 0.05) is 18.7 Å². The van der Waals surface area contributed by atoms with Gasteiger partial charge in [-0.15, -0.1) is 0 Å². The number of carbonyl (C=O) groups is 1. The van der Waals surface area contributed by atoms with Gasteiger partial charge in [0.25, 0.3) is 5.69 Å². The standard InChI is InChI=1S/C14H19N3O3/c1-16(2)11-5-10-15-14(18)9-8-12-6-3-4-7-13(12)17(19)20/h3-4,6-9H,5,10-11H2,1-2H3,(H,15,18). The molecule has 0 unspecified atom stereocenters. The van der Waals surface area contributed by atoms with Crippen molar-refractivity contribution in [2.24, 2.45) is 0 Å². The van der Waals surface area contributed by atoms with Gasteiger partial charge in [-0.3, -0.25) is 14.9 Å². The number of nitro groups is 1. The third kappa shape index (κ3) is 5.62. The summed E-state index contributed by atoms with van der Waals surface area (Å²) in [7, 11) is 3.94. The second-order valence-electron chi connectivity index (χ2n) is 4.60. The second-order valence-corrected chi connectivity index (χ2v) is 4.60. The quantitative estimate of drug-likeness (QED) is 0.356. The summed E-state index contributed by atoms with van der Waals surface area (Å²) in [4.78, 5) is 23.9. The van der Waals surface area contributed by atoms with Crippen LogP contribution in [-0.4, -0.2) is 42.9 Å². The lowest BCUT2D eigenvalue weighted by atomic mass is 10.1. The molecule has 1 N–H and O–H groups in total. The number of hydrogen-bond acceptors (Lipinski definition) is 4. The van der Waals surface area contributed by atoms with E-state index in [1.54, 1.807) is 18.2 Å². The fourth-order valence-corrected chi connectivity index (χ4v) is 1.63. The zero-order valence-electron chi connectivity index (χ0n) is 11.7. The summed E-state index contributed by atoms with van der Waals surface area (Å²) >= 11 is 0. The van der Waals surface area contributed by atoms with Gasteiger partial charge in [-0.25, -0.2) is 0 Å². The molecule has 0 aliphatic rings. The van der Waals surface area contributed by atoms with E-state index >= 15 is 0 Å². The van der Waals surface area contributed by atoms with Crippen molar-refractivity contribution in [1.29, 1.82) is 0 Å². The van der Waals surface area contributed by atoms with Crippen molar-refractivity contribution in [2.75, 3.05) is 27.2 Å². The predicted octanol–water partition coefficient (Wildman–Crippen LogP) is 1.68. The van der Waals surface area contributed by atoms with E-state index in [4.69, 9.17) is 0 Å². The van der Waals surface area contributed by atoms with Gasteiger partial charge in [0.05, 0.1) is 10.5 Å². The fraction of sp³-hybridized carbons (Fsp3) is 0.357. The van der Waals surface area contributed by atoms with Gasteiger partial charge in [-0.1, -0.05) is 12.1 Å². The first-order valence-electron chi connectivity index (χ1n) is 6.35. The van der Waals surface area contributed by atoms with E-state index in [-0.39, 0.29) is 11.6 Å². The third-order valence-corrected chi connectivity index (χ3v) is 2.63. The number of nitrogens with zero attached hydrogens (tertiary/aromatic N) is 2. The lowest BCUT2D eigenvalue weighted by Crippen LogP contribution is -2.25. The van der Waals surface area contributed by atoms with E-state index < -0.39 is 4.92 Å². The van der Waals surface area contributed by atoms with Gasteiger partial charge in [0.15, 0.2) is 0 Å². The first kappa shape index (κ1) is 15.8. The highest BCUT2D eigenvalue weighted by Gasteiger charge is 2.09. The average molecular weight is 277 g/mol. The van der Waals surface area contributed by atoms with Crippen LogP contribution in [0.25, 0.3) is 6.08 Å². The number of nitro benzene ring substituents is 1. The monoisotopic (exact) mass is 277 g/mol. The summed E-state index contributed by atoms with van der Waals surface area (Å²) in [5, 5.41) is 13.5. The zero-order valence-corrected chi connectivity index (χ0v) is 11.7. The van der Waals surface area contributed by atoms with Crippen LogP contribution in [0.3, 0.4) is 0 Å². The topological polar surface area (TPSA) is 75.5 Å². The molecule has 0 atom stereocenters. The van der Waals surface area contributed by atoms with Gasteiger partial charge in [-0.05, 0) is 39.2 Å². The summed E-state index contributed by atoms with van der Waals surface area (Å²) < 4.78 is 0. The average Bonchev–Trinajstić information content (AvgIpc) is 2.41. The van der Waals surface area contributed by atoms with E-state index in [0.29, 0.717) is 12.1 Å². The lowest BCUT2D eigenvalue weighted by molar-refractivity contribution is -0.385. The van der Waals surface area contributed by atoms with E-state index in [1.807, 2.05) is 19.0 Å². The minimum absolute atomic E-state index is 0.0100. The molecule has 6 nitrogen and oxygen atoms in total. The fourth-order valence-electron chi connectivity index (χ4n) is 1.63. The summed E-state index contributed by atoms with van der Waals surface area (Å²) in [6.45, 7) is 1.48. The maximum absolute atomic E-state index is 11.6. The Morgan fingerprint density at radius 2 is 2.10 bits per heavy atom. The Morgan fingerprint density at radius 1 is 1.40 bits per heavy atom. The van der Waals surface area contributed by atoms with Crippen molar-refractivity contribution in [3.8, 4) is 0 Å². The van der Waals surface area contributed by atoms with Gasteiger partial charge in [-0.2, -0.15) is 0 Å². The number of hydrogen-bond donors (Lipinski definition) is 1. The van der Waals surface area contributed by atoms with Crippen molar-refractivity contribution in [1.82, 2.24) is 10.2 Å². The Balaban J connectivity index is 2.51. The number of nitrogens with one attached hydrogen (secondary N) is 1. The molecular weight excluding hydrogens is 258 g/mol. The van der Waals surface area contributed by atoms with Crippen LogP contribution < -0.4 is 5.32 Å². The minimum Gasteiger partial charge on any atom is -0.353 e. The molecule has 0 heterocycles. The Bertz CT molecular complexity index is 498. The smallest absolute Gasteiger partial charge is 0.276 e. The van der Waals surface area contributed by atoms with Crippen molar-refractivity contribution in [3.63, 3.8) is 0 Å². The molecule has 1 amide bonds. The van der Waals surface area contributed by atoms with Crippen LogP contribution in [0, 0.1) is 10.1 Å². The molecule has 20 heavy (non-hydrogen) atoms. The van der Waals surface area contributed by atoms with Crippen LogP contribution in [0.2, 0.25) is 0 Å². The Kier molecular flexibility index (Phi) is 6.39. The SMILES string of the molecule is CN(C)CCCNC(=O)C=Cc1ccccc1[N+](=O)[O-]. The summed E-state index contributed by atoms with van der Waals surface area (Å²) in [6.07, 6.45) is 3.63. The Morgan fingerprint density at radius 3 is 2.75 bits per heavy atom. The maximum Gasteiger partial charge on any atom is 0.276 e. The highest BCUT2D eigenvalue weighted by Crippen LogP contribution is 2.18. The normalized spacial score (nSPS) is 10.9. The van der Waals surface area contributed by atoms with Crippen molar-refractivity contribution < 1.29 is 9.72 Å². The van der Waals surface area contributed by atoms with Crippen LogP contribution in [0.4, 0.5) is 5.69 Å². The third-order valence-electron chi connectivity index (χ3n) is 2.63. The molecular formula is C14H19N3O3. The molecule has 0 bridgehead atoms. The molecule has 1 rings (SSSR count). The lowest BCUT2D eigenvalue weighted by Gasteiger charge is -2.08. The minimum atomic E-state index is -0.464. The molecule has 108 valence electrons. The molecule has 6 heteroatoms. The summed E-state index contributed by atoms with van der Waals surface area (Å²) in [5.74, 6) is -0.248. The Labute approximate surface area is 118 Å². The molecule has 0 aliphatic heterocycles. The predicted molar refractivity (Wildman–Crippen MR) is 78.3 cm³/mol. The summed E-state index contributed by atoms with van der Waals surface area (Å²) in [6, 6.07) is 6.31. The first-order chi connectivity index (χ1) is 9.50. The van der Waals surface area contributed by atoms with Crippen LogP contribution in [0.15, 0.2) is 30.3 Å². The molecule has 0 aromatic heterocycles. The molecule has 1 aromatic carbocycles. The highest BCUT2D eigenvalue weighted by molar-refractivity contribution is 5.92. The zero-order chi connectivity index (χ0) is 15.0. The molecule has 1 aromatic rings. The van der Waals surface area contributed by atoms with Crippen LogP contribution in [0.1, 0.15) is 12.0 Å². The number of benzene rings is 1. The molecule has 0 saturated carbocycles. The van der Waals surface area contributed by atoms with Gasteiger partial charge < -0.3 is 10.2 Å².